The second-order valence-corrected chi connectivity index (χ2v) is 12.6. The van der Waals surface area contributed by atoms with E-state index in [1.807, 2.05) is 0 Å². The minimum atomic E-state index is -4.68. The van der Waals surface area contributed by atoms with Crippen LogP contribution in [0.25, 0.3) is 0 Å². The van der Waals surface area contributed by atoms with Crippen LogP contribution in [0, 0.1) is 0 Å². The summed E-state index contributed by atoms with van der Waals surface area (Å²) in [7, 11) is -2.68. The molecule has 1 amide bonds. The van der Waals surface area contributed by atoms with Gasteiger partial charge in [0.15, 0.2) is 0 Å². The first kappa shape index (κ1) is 28.9. The molecule has 9 nitrogen and oxygen atoms in total. The van der Waals surface area contributed by atoms with Crippen molar-refractivity contribution >= 4 is 27.3 Å². The monoisotopic (exact) mass is 576 g/mol. The van der Waals surface area contributed by atoms with Crippen LogP contribution in [0.3, 0.4) is 0 Å². The number of halogens is 3. The number of benzene rings is 1. The zero-order valence-electron chi connectivity index (χ0n) is 20.8. The zero-order chi connectivity index (χ0) is 27.6. The number of carbonyl (C=O) groups is 1. The van der Waals surface area contributed by atoms with Crippen molar-refractivity contribution in [3.63, 3.8) is 0 Å². The molecule has 2 heterocycles. The number of ether oxygens (including phenoxy) is 1. The van der Waals surface area contributed by atoms with E-state index in [4.69, 9.17) is 4.74 Å². The molecule has 1 aliphatic carbocycles. The lowest BCUT2D eigenvalue weighted by Gasteiger charge is -2.38. The quantitative estimate of drug-likeness (QED) is 0.420. The Bertz CT molecular complexity index is 1230. The average Bonchev–Trinajstić information content (AvgIpc) is 3.54. The van der Waals surface area contributed by atoms with Gasteiger partial charge in [-0.3, -0.25) is 9.69 Å². The maximum absolute atomic E-state index is 12.9. The Balaban J connectivity index is 1.24. The molecule has 1 aromatic carbocycles. The van der Waals surface area contributed by atoms with Gasteiger partial charge in [-0.2, -0.15) is 13.2 Å². The number of nitrogens with zero attached hydrogens (tertiary/aromatic N) is 2. The Morgan fingerprint density at radius 3 is 2.71 bits per heavy atom. The van der Waals surface area contributed by atoms with Crippen molar-refractivity contribution in [2.75, 3.05) is 26.7 Å². The molecule has 0 radical (unpaired) electrons. The lowest BCUT2D eigenvalue weighted by Crippen LogP contribution is -2.45. The van der Waals surface area contributed by atoms with E-state index in [1.54, 1.807) is 13.3 Å². The van der Waals surface area contributed by atoms with Crippen LogP contribution in [-0.4, -0.2) is 68.1 Å². The molecular weight excluding hydrogens is 545 g/mol. The Hall–Kier alpha value is -2.10. The number of sulfonamides is 1. The van der Waals surface area contributed by atoms with Crippen molar-refractivity contribution in [2.24, 2.45) is 0 Å². The molecule has 1 aliphatic heterocycles. The lowest BCUT2D eigenvalue weighted by atomic mass is 9.82. The normalized spacial score (nSPS) is 25.0. The fourth-order valence-electron chi connectivity index (χ4n) is 4.99. The molecule has 1 unspecified atom stereocenters. The number of nitrogens with one attached hydrogen (secondary N) is 2. The van der Waals surface area contributed by atoms with Gasteiger partial charge in [0.2, 0.25) is 15.9 Å². The van der Waals surface area contributed by atoms with E-state index in [2.05, 4.69) is 19.9 Å². The third-order valence-electron chi connectivity index (χ3n) is 7.02. The summed E-state index contributed by atoms with van der Waals surface area (Å²) in [6.07, 6.45) is 0.495. The summed E-state index contributed by atoms with van der Waals surface area (Å²) in [6, 6.07) is 3.46. The Morgan fingerprint density at radius 1 is 1.29 bits per heavy atom. The molecule has 2 fully saturated rings. The average molecular weight is 577 g/mol. The maximum atomic E-state index is 12.9. The molecule has 3 N–H and O–H groups in total. The molecule has 14 heteroatoms. The van der Waals surface area contributed by atoms with Crippen LogP contribution in [0.2, 0.25) is 0 Å². The van der Waals surface area contributed by atoms with Crippen LogP contribution < -0.4 is 10.0 Å². The van der Waals surface area contributed by atoms with E-state index >= 15 is 0 Å². The Morgan fingerprint density at radius 2 is 2.03 bits per heavy atom. The number of hydrogen-bond donors (Lipinski definition) is 3. The largest absolute Gasteiger partial charge is 0.416 e. The molecule has 0 bridgehead atoms. The SMILES string of the molecule is COCc1cnc(C2(O)CCC(N3CCC(NC(=O)CNS(=O)(=O)c4cccc(C(F)(F)F)c4)C3)CC2)s1. The van der Waals surface area contributed by atoms with Gasteiger partial charge in [0.1, 0.15) is 10.6 Å². The van der Waals surface area contributed by atoms with Gasteiger partial charge >= 0.3 is 6.18 Å². The van der Waals surface area contributed by atoms with Crippen molar-refractivity contribution in [3.05, 3.63) is 45.9 Å². The summed E-state index contributed by atoms with van der Waals surface area (Å²) in [5, 5.41) is 14.7. The topological polar surface area (TPSA) is 121 Å². The smallest absolute Gasteiger partial charge is 0.383 e. The van der Waals surface area contributed by atoms with Gasteiger partial charge in [0.25, 0.3) is 0 Å². The minimum absolute atomic E-state index is 0.170. The van der Waals surface area contributed by atoms with Crippen LogP contribution in [0.1, 0.15) is 47.6 Å². The summed E-state index contributed by atoms with van der Waals surface area (Å²) in [5.74, 6) is -0.555. The van der Waals surface area contributed by atoms with Crippen LogP contribution in [-0.2, 0) is 37.9 Å². The van der Waals surface area contributed by atoms with Crippen molar-refractivity contribution < 1.29 is 36.2 Å². The zero-order valence-corrected chi connectivity index (χ0v) is 22.5. The first-order valence-electron chi connectivity index (χ1n) is 12.3. The molecular formula is C24H31F3N4O5S2. The van der Waals surface area contributed by atoms with Gasteiger partial charge in [-0.1, -0.05) is 6.07 Å². The predicted molar refractivity (Wildman–Crippen MR) is 134 cm³/mol. The predicted octanol–water partition coefficient (Wildman–Crippen LogP) is 2.61. The fourth-order valence-corrected chi connectivity index (χ4v) is 7.05. The number of hydrogen-bond acceptors (Lipinski definition) is 8. The summed E-state index contributed by atoms with van der Waals surface area (Å²) in [5.41, 5.74) is -2.03. The standard InChI is InChI=1S/C24H31F3N4O5S2/c1-36-15-19-12-28-22(37-19)23(33)8-5-18(6-9-23)31-10-7-17(14-31)30-21(32)13-29-38(34,35)20-4-2-3-16(11-20)24(25,26)27/h2-4,11-12,17-18,29,33H,5-10,13-15H2,1H3,(H,30,32). The van der Waals surface area contributed by atoms with Crippen molar-refractivity contribution in [2.45, 2.75) is 67.5 Å². The molecule has 1 atom stereocenters. The van der Waals surface area contributed by atoms with Gasteiger partial charge in [-0.05, 0) is 50.3 Å². The lowest BCUT2D eigenvalue weighted by molar-refractivity contribution is -0.137. The molecule has 2 aromatic rings. The maximum Gasteiger partial charge on any atom is 0.416 e. The van der Waals surface area contributed by atoms with Gasteiger partial charge < -0.3 is 15.2 Å². The molecule has 0 spiro atoms. The van der Waals surface area contributed by atoms with E-state index in [0.717, 1.165) is 42.5 Å². The highest BCUT2D eigenvalue weighted by molar-refractivity contribution is 7.89. The number of methoxy groups -OCH3 is 1. The van der Waals surface area contributed by atoms with Crippen molar-refractivity contribution in [1.82, 2.24) is 19.9 Å². The van der Waals surface area contributed by atoms with Gasteiger partial charge in [-0.25, -0.2) is 18.1 Å². The van der Waals surface area contributed by atoms with E-state index in [1.165, 1.54) is 11.3 Å². The van der Waals surface area contributed by atoms with E-state index in [9.17, 15) is 31.5 Å². The van der Waals surface area contributed by atoms with Crippen LogP contribution in [0.5, 0.6) is 0 Å². The third-order valence-corrected chi connectivity index (χ3v) is 9.58. The van der Waals surface area contributed by atoms with Crippen LogP contribution in [0.4, 0.5) is 13.2 Å². The van der Waals surface area contributed by atoms with Crippen molar-refractivity contribution in [3.8, 4) is 0 Å². The first-order valence-corrected chi connectivity index (χ1v) is 14.6. The van der Waals surface area contributed by atoms with Crippen LogP contribution >= 0.6 is 11.3 Å². The molecule has 1 saturated carbocycles. The summed E-state index contributed by atoms with van der Waals surface area (Å²) in [4.78, 5) is 19.5. The molecule has 2 aliphatic rings. The molecule has 1 aromatic heterocycles. The highest BCUT2D eigenvalue weighted by Crippen LogP contribution is 2.41. The fraction of sp³-hybridized carbons (Fsp3) is 0.583. The van der Waals surface area contributed by atoms with E-state index in [0.29, 0.717) is 43.5 Å². The van der Waals surface area contributed by atoms with E-state index < -0.39 is 44.7 Å². The summed E-state index contributed by atoms with van der Waals surface area (Å²) in [6.45, 7) is 1.25. The molecule has 4 rings (SSSR count). The Kier molecular flexibility index (Phi) is 8.79. The first-order chi connectivity index (χ1) is 17.9. The third kappa shape index (κ3) is 6.90. The number of thiazole rings is 1. The highest BCUT2D eigenvalue weighted by atomic mass is 32.2. The Labute approximate surface area is 223 Å². The van der Waals surface area contributed by atoms with Gasteiger partial charge in [0.05, 0.1) is 28.5 Å². The van der Waals surface area contributed by atoms with E-state index in [-0.39, 0.29) is 12.1 Å². The number of aliphatic hydroxyl groups is 1. The van der Waals surface area contributed by atoms with Crippen molar-refractivity contribution in [1.29, 1.82) is 0 Å². The second kappa shape index (κ2) is 11.6. The number of carbonyl (C=O) groups excluding carboxylic acids is 1. The summed E-state index contributed by atoms with van der Waals surface area (Å²) >= 11 is 1.46. The van der Waals surface area contributed by atoms with Gasteiger partial charge in [0, 0.05) is 38.5 Å². The minimum Gasteiger partial charge on any atom is -0.383 e. The molecule has 210 valence electrons. The second-order valence-electron chi connectivity index (χ2n) is 9.73. The molecule has 38 heavy (non-hydrogen) atoms. The molecule has 1 saturated heterocycles. The number of likely N-dealkylation sites (tertiary alicyclic amines) is 1. The summed E-state index contributed by atoms with van der Waals surface area (Å²) < 4.78 is 70.7. The number of alkyl halides is 3. The highest BCUT2D eigenvalue weighted by Gasteiger charge is 2.40. The van der Waals surface area contributed by atoms with Crippen LogP contribution in [0.15, 0.2) is 35.4 Å². The number of rotatable bonds is 9. The number of aromatic nitrogens is 1. The number of amides is 1. The van der Waals surface area contributed by atoms with Gasteiger partial charge in [-0.15, -0.1) is 11.3 Å².